The molecule has 1 aromatic heterocycles. The summed E-state index contributed by atoms with van der Waals surface area (Å²) >= 11 is 0. The smallest absolute Gasteiger partial charge is 0.227 e. The van der Waals surface area contributed by atoms with Gasteiger partial charge in [-0.3, -0.25) is 4.79 Å². The lowest BCUT2D eigenvalue weighted by Gasteiger charge is -2.17. The maximum Gasteiger partial charge on any atom is 0.227 e. The van der Waals surface area contributed by atoms with Crippen LogP contribution in [0, 0.1) is 5.92 Å². The second-order valence-corrected chi connectivity index (χ2v) is 5.51. The summed E-state index contributed by atoms with van der Waals surface area (Å²) < 4.78 is 7.41. The molecule has 0 saturated heterocycles. The third-order valence-electron chi connectivity index (χ3n) is 3.80. The van der Waals surface area contributed by atoms with Crippen molar-refractivity contribution in [2.45, 2.75) is 25.8 Å². The Morgan fingerprint density at radius 2 is 2.35 bits per heavy atom. The summed E-state index contributed by atoms with van der Waals surface area (Å²) in [5.41, 5.74) is 0.766. The predicted octanol–water partition coefficient (Wildman–Crippen LogP) is 2.65. The van der Waals surface area contributed by atoms with Gasteiger partial charge in [-0.15, -0.1) is 0 Å². The van der Waals surface area contributed by atoms with Crippen LogP contribution in [-0.4, -0.2) is 27.3 Å². The van der Waals surface area contributed by atoms with Gasteiger partial charge in [-0.1, -0.05) is 18.2 Å². The molecule has 0 saturated carbocycles. The maximum absolute atomic E-state index is 12.2. The number of anilines is 1. The van der Waals surface area contributed by atoms with Crippen molar-refractivity contribution in [1.29, 1.82) is 0 Å². The molecule has 2 aromatic rings. The molecular formula is C17H20N4O2. The number of benzene rings is 1. The van der Waals surface area contributed by atoms with Crippen LogP contribution in [-0.2, 0) is 11.3 Å². The van der Waals surface area contributed by atoms with E-state index in [1.54, 1.807) is 11.0 Å². The average molecular weight is 312 g/mol. The third kappa shape index (κ3) is 4.42. The van der Waals surface area contributed by atoms with Gasteiger partial charge in [0.15, 0.2) is 0 Å². The van der Waals surface area contributed by atoms with E-state index in [1.165, 1.54) is 6.33 Å². The fourth-order valence-electron chi connectivity index (χ4n) is 2.54. The average Bonchev–Trinajstić information content (AvgIpc) is 3.09. The van der Waals surface area contributed by atoms with E-state index in [0.29, 0.717) is 13.2 Å². The van der Waals surface area contributed by atoms with E-state index >= 15 is 0 Å². The maximum atomic E-state index is 12.2. The second kappa shape index (κ2) is 7.58. The SMILES string of the molecule is O=C(Nc1cccc(OCCn2cncn2)c1)[C@@H]1CC=CCC1. The summed E-state index contributed by atoms with van der Waals surface area (Å²) in [6.45, 7) is 1.12. The number of carbonyl (C=O) groups is 1. The standard InChI is InChI=1S/C17H20N4O2/c22-17(14-5-2-1-3-6-14)20-15-7-4-8-16(11-15)23-10-9-21-13-18-12-19-21/h1-2,4,7-8,11-14H,3,5-6,9-10H2,(H,20,22)/t14-/m1/s1. The number of amides is 1. The molecule has 0 radical (unpaired) electrons. The van der Waals surface area contributed by atoms with Crippen molar-refractivity contribution in [3.8, 4) is 5.75 Å². The largest absolute Gasteiger partial charge is 0.492 e. The molecule has 1 amide bonds. The highest BCUT2D eigenvalue weighted by Crippen LogP contribution is 2.22. The van der Waals surface area contributed by atoms with E-state index in [2.05, 4.69) is 27.6 Å². The van der Waals surface area contributed by atoms with Gasteiger partial charge in [0.2, 0.25) is 5.91 Å². The lowest BCUT2D eigenvalue weighted by atomic mass is 9.93. The number of nitrogens with zero attached hydrogens (tertiary/aromatic N) is 3. The minimum Gasteiger partial charge on any atom is -0.492 e. The molecule has 0 fully saturated rings. The van der Waals surface area contributed by atoms with Crippen molar-refractivity contribution in [3.63, 3.8) is 0 Å². The van der Waals surface area contributed by atoms with Crippen molar-refractivity contribution in [2.24, 2.45) is 5.92 Å². The number of ether oxygens (including phenoxy) is 1. The summed E-state index contributed by atoms with van der Waals surface area (Å²) in [6, 6.07) is 7.47. The van der Waals surface area contributed by atoms with Crippen LogP contribution in [0.1, 0.15) is 19.3 Å². The molecule has 1 aliphatic carbocycles. The molecule has 1 atom stereocenters. The molecule has 1 heterocycles. The first-order chi connectivity index (χ1) is 11.3. The number of carbonyl (C=O) groups excluding carboxylic acids is 1. The van der Waals surface area contributed by atoms with Crippen LogP contribution in [0.3, 0.4) is 0 Å². The Labute approximate surface area is 135 Å². The first-order valence-electron chi connectivity index (χ1n) is 7.82. The molecule has 6 heteroatoms. The Bertz CT molecular complexity index is 667. The number of rotatable bonds is 6. The Morgan fingerprint density at radius 1 is 1.39 bits per heavy atom. The topological polar surface area (TPSA) is 69.0 Å². The van der Waals surface area contributed by atoms with Crippen LogP contribution in [0.15, 0.2) is 49.1 Å². The van der Waals surface area contributed by atoms with Crippen LogP contribution in [0.2, 0.25) is 0 Å². The van der Waals surface area contributed by atoms with Gasteiger partial charge in [-0.2, -0.15) is 5.10 Å². The van der Waals surface area contributed by atoms with Gasteiger partial charge < -0.3 is 10.1 Å². The molecule has 0 bridgehead atoms. The summed E-state index contributed by atoms with van der Waals surface area (Å²) in [6.07, 6.45) is 10.1. The van der Waals surface area contributed by atoms with Crippen LogP contribution in [0.4, 0.5) is 5.69 Å². The summed E-state index contributed by atoms with van der Waals surface area (Å²) in [5, 5.41) is 6.99. The fraction of sp³-hybridized carbons (Fsp3) is 0.353. The molecular weight excluding hydrogens is 292 g/mol. The first-order valence-corrected chi connectivity index (χ1v) is 7.82. The quantitative estimate of drug-likeness (QED) is 0.833. The minimum atomic E-state index is 0.0666. The van der Waals surface area contributed by atoms with E-state index in [9.17, 15) is 4.79 Å². The number of allylic oxidation sites excluding steroid dienone is 2. The lowest BCUT2D eigenvalue weighted by Crippen LogP contribution is -2.23. The summed E-state index contributed by atoms with van der Waals surface area (Å²) in [5.74, 6) is 0.873. The molecule has 120 valence electrons. The zero-order valence-corrected chi connectivity index (χ0v) is 12.9. The molecule has 3 rings (SSSR count). The van der Waals surface area contributed by atoms with Gasteiger partial charge >= 0.3 is 0 Å². The number of hydrogen-bond donors (Lipinski definition) is 1. The molecule has 0 aliphatic heterocycles. The third-order valence-corrected chi connectivity index (χ3v) is 3.80. The van der Waals surface area contributed by atoms with Gasteiger partial charge in [0.05, 0.1) is 6.54 Å². The van der Waals surface area contributed by atoms with Gasteiger partial charge in [-0.05, 0) is 31.4 Å². The molecule has 0 spiro atoms. The number of nitrogens with one attached hydrogen (secondary N) is 1. The molecule has 0 unspecified atom stereocenters. The van der Waals surface area contributed by atoms with Crippen molar-refractivity contribution >= 4 is 11.6 Å². The molecule has 23 heavy (non-hydrogen) atoms. The zero-order chi connectivity index (χ0) is 15.9. The Hall–Kier alpha value is -2.63. The molecule has 1 aliphatic rings. The molecule has 1 N–H and O–H groups in total. The Balaban J connectivity index is 1.52. The lowest BCUT2D eigenvalue weighted by molar-refractivity contribution is -0.120. The molecule has 6 nitrogen and oxygen atoms in total. The van der Waals surface area contributed by atoms with Crippen molar-refractivity contribution in [3.05, 3.63) is 49.1 Å². The fourth-order valence-corrected chi connectivity index (χ4v) is 2.54. The highest BCUT2D eigenvalue weighted by molar-refractivity contribution is 5.92. The summed E-state index contributed by atoms with van der Waals surface area (Å²) in [4.78, 5) is 16.1. The van der Waals surface area contributed by atoms with Crippen LogP contribution in [0.25, 0.3) is 0 Å². The second-order valence-electron chi connectivity index (χ2n) is 5.51. The minimum absolute atomic E-state index is 0.0666. The predicted molar refractivity (Wildman–Crippen MR) is 87.1 cm³/mol. The van der Waals surface area contributed by atoms with E-state index < -0.39 is 0 Å². The zero-order valence-electron chi connectivity index (χ0n) is 12.9. The molecule has 1 aromatic carbocycles. The monoisotopic (exact) mass is 312 g/mol. The van der Waals surface area contributed by atoms with Gasteiger partial charge in [-0.25, -0.2) is 9.67 Å². The van der Waals surface area contributed by atoms with Gasteiger partial charge in [0.25, 0.3) is 0 Å². The van der Waals surface area contributed by atoms with Crippen LogP contribution in [0.5, 0.6) is 5.75 Å². The van der Waals surface area contributed by atoms with E-state index in [1.807, 2.05) is 24.3 Å². The van der Waals surface area contributed by atoms with E-state index in [-0.39, 0.29) is 11.8 Å². The van der Waals surface area contributed by atoms with Crippen molar-refractivity contribution in [1.82, 2.24) is 14.8 Å². The van der Waals surface area contributed by atoms with Crippen molar-refractivity contribution in [2.75, 3.05) is 11.9 Å². The number of aromatic nitrogens is 3. The first kappa shape index (κ1) is 15.3. The Kier molecular flexibility index (Phi) is 5.03. The highest BCUT2D eigenvalue weighted by Gasteiger charge is 2.18. The highest BCUT2D eigenvalue weighted by atomic mass is 16.5. The normalized spacial score (nSPS) is 17.0. The van der Waals surface area contributed by atoms with E-state index in [0.717, 1.165) is 30.7 Å². The number of hydrogen-bond acceptors (Lipinski definition) is 4. The van der Waals surface area contributed by atoms with Gasteiger partial charge in [0.1, 0.15) is 25.0 Å². The van der Waals surface area contributed by atoms with Crippen LogP contribution < -0.4 is 10.1 Å². The van der Waals surface area contributed by atoms with Gasteiger partial charge in [0, 0.05) is 17.7 Å². The van der Waals surface area contributed by atoms with Crippen molar-refractivity contribution < 1.29 is 9.53 Å². The summed E-state index contributed by atoms with van der Waals surface area (Å²) in [7, 11) is 0. The van der Waals surface area contributed by atoms with Crippen LogP contribution >= 0.6 is 0 Å². The Morgan fingerprint density at radius 3 is 3.13 bits per heavy atom. The van der Waals surface area contributed by atoms with E-state index in [4.69, 9.17) is 4.74 Å².